The van der Waals surface area contributed by atoms with Gasteiger partial charge >= 0.3 is 0 Å². The van der Waals surface area contributed by atoms with Crippen LogP contribution in [0.3, 0.4) is 0 Å². The van der Waals surface area contributed by atoms with Crippen LogP contribution < -0.4 is 4.72 Å². The Morgan fingerprint density at radius 2 is 2.06 bits per heavy atom. The first kappa shape index (κ1) is 12.3. The average molecular weight is 247 g/mol. The molecule has 2 heterocycles. The summed E-state index contributed by atoms with van der Waals surface area (Å²) < 4.78 is 27.1. The minimum Gasteiger partial charge on any atom is -0.306 e. The molecule has 0 aromatic rings. The Kier molecular flexibility index (Phi) is 3.84. The van der Waals surface area contributed by atoms with E-state index in [0.717, 1.165) is 13.0 Å². The van der Waals surface area contributed by atoms with E-state index >= 15 is 0 Å². The quantitative estimate of drug-likeness (QED) is 0.689. The first-order valence-corrected chi connectivity index (χ1v) is 7.45. The topological polar surface area (TPSA) is 52.4 Å². The van der Waals surface area contributed by atoms with Crippen LogP contribution in [0.2, 0.25) is 0 Å². The van der Waals surface area contributed by atoms with E-state index in [1.165, 1.54) is 23.7 Å². The van der Waals surface area contributed by atoms with Gasteiger partial charge in [0, 0.05) is 26.2 Å². The predicted molar refractivity (Wildman–Crippen MR) is 63.3 cm³/mol. The molecule has 0 aliphatic carbocycles. The number of rotatable bonds is 5. The molecule has 2 saturated heterocycles. The molecule has 0 aromatic carbocycles. The molecule has 0 amide bonds. The molecule has 1 unspecified atom stereocenters. The highest BCUT2D eigenvalue weighted by Crippen LogP contribution is 2.18. The van der Waals surface area contributed by atoms with Gasteiger partial charge in [-0.2, -0.15) is 12.7 Å². The molecule has 0 bridgehead atoms. The molecule has 1 N–H and O–H groups in total. The number of likely N-dealkylation sites (tertiary alicyclic amines) is 1. The van der Waals surface area contributed by atoms with Gasteiger partial charge in [-0.3, -0.25) is 0 Å². The monoisotopic (exact) mass is 247 g/mol. The fourth-order valence-electron chi connectivity index (χ4n) is 2.27. The van der Waals surface area contributed by atoms with E-state index in [-0.39, 0.29) is 0 Å². The first-order chi connectivity index (χ1) is 7.58. The van der Waals surface area contributed by atoms with Gasteiger partial charge < -0.3 is 4.90 Å². The fourth-order valence-corrected chi connectivity index (χ4v) is 3.39. The smallest absolute Gasteiger partial charge is 0.279 e. The van der Waals surface area contributed by atoms with Crippen LogP contribution in [0.25, 0.3) is 0 Å². The van der Waals surface area contributed by atoms with Crippen LogP contribution in [-0.2, 0) is 10.2 Å². The van der Waals surface area contributed by atoms with Crippen LogP contribution in [-0.4, -0.2) is 57.4 Å². The Hall–Kier alpha value is -0.170. The summed E-state index contributed by atoms with van der Waals surface area (Å²) >= 11 is 0. The van der Waals surface area contributed by atoms with Crippen molar-refractivity contribution in [1.29, 1.82) is 0 Å². The van der Waals surface area contributed by atoms with E-state index in [9.17, 15) is 8.42 Å². The lowest BCUT2D eigenvalue weighted by Gasteiger charge is -2.29. The second-order valence-electron chi connectivity index (χ2n) is 4.86. The van der Waals surface area contributed by atoms with Crippen molar-refractivity contribution in [2.45, 2.75) is 19.3 Å². The van der Waals surface area contributed by atoms with E-state index < -0.39 is 10.2 Å². The SMILES string of the molecule is CN1CCCC(CCNS(=O)(=O)N2CC2)C1. The highest BCUT2D eigenvalue weighted by Gasteiger charge is 2.31. The zero-order valence-electron chi connectivity index (χ0n) is 9.85. The van der Waals surface area contributed by atoms with E-state index in [1.54, 1.807) is 0 Å². The highest BCUT2D eigenvalue weighted by atomic mass is 32.2. The lowest BCUT2D eigenvalue weighted by molar-refractivity contribution is 0.203. The minimum atomic E-state index is -3.13. The van der Waals surface area contributed by atoms with Gasteiger partial charge in [-0.05, 0) is 38.8 Å². The maximum absolute atomic E-state index is 11.5. The molecule has 94 valence electrons. The maximum atomic E-state index is 11.5. The number of nitrogens with zero attached hydrogens (tertiary/aromatic N) is 2. The molecule has 2 fully saturated rings. The summed E-state index contributed by atoms with van der Waals surface area (Å²) in [5.74, 6) is 0.649. The molecular weight excluding hydrogens is 226 g/mol. The summed E-state index contributed by atoms with van der Waals surface area (Å²) in [6.45, 7) is 4.22. The van der Waals surface area contributed by atoms with Crippen LogP contribution in [0.15, 0.2) is 0 Å². The molecule has 2 rings (SSSR count). The molecule has 6 heteroatoms. The number of piperidine rings is 1. The van der Waals surface area contributed by atoms with Crippen molar-refractivity contribution in [3.63, 3.8) is 0 Å². The van der Waals surface area contributed by atoms with Gasteiger partial charge in [0.15, 0.2) is 0 Å². The first-order valence-electron chi connectivity index (χ1n) is 6.01. The third-order valence-electron chi connectivity index (χ3n) is 3.31. The van der Waals surface area contributed by atoms with Crippen molar-refractivity contribution in [3.8, 4) is 0 Å². The van der Waals surface area contributed by atoms with Gasteiger partial charge in [-0.1, -0.05) is 0 Å². The third kappa shape index (κ3) is 3.41. The van der Waals surface area contributed by atoms with Gasteiger partial charge in [-0.25, -0.2) is 4.72 Å². The van der Waals surface area contributed by atoms with Crippen molar-refractivity contribution < 1.29 is 8.42 Å². The lowest BCUT2D eigenvalue weighted by atomic mass is 9.95. The second kappa shape index (κ2) is 5.00. The second-order valence-corrected chi connectivity index (χ2v) is 6.61. The van der Waals surface area contributed by atoms with Crippen molar-refractivity contribution >= 4 is 10.2 Å². The van der Waals surface area contributed by atoms with Gasteiger partial charge in [-0.15, -0.1) is 0 Å². The zero-order chi connectivity index (χ0) is 11.6. The van der Waals surface area contributed by atoms with E-state index in [0.29, 0.717) is 25.6 Å². The van der Waals surface area contributed by atoms with E-state index in [4.69, 9.17) is 0 Å². The molecule has 1 atom stereocenters. The standard InChI is InChI=1S/C10H21N3O2S/c1-12-6-2-3-10(9-12)4-5-11-16(14,15)13-7-8-13/h10-11H,2-9H2,1H3. The van der Waals surface area contributed by atoms with Crippen LogP contribution >= 0.6 is 0 Å². The molecule has 0 spiro atoms. The van der Waals surface area contributed by atoms with Crippen molar-refractivity contribution in [2.75, 3.05) is 39.8 Å². The minimum absolute atomic E-state index is 0.581. The fraction of sp³-hybridized carbons (Fsp3) is 1.00. The Morgan fingerprint density at radius 1 is 1.31 bits per heavy atom. The molecule has 0 radical (unpaired) electrons. The molecule has 16 heavy (non-hydrogen) atoms. The Bertz CT molecular complexity index is 327. The van der Waals surface area contributed by atoms with Crippen LogP contribution in [0.4, 0.5) is 0 Å². The molecule has 5 nitrogen and oxygen atoms in total. The Balaban J connectivity index is 1.67. The van der Waals surface area contributed by atoms with E-state index in [1.807, 2.05) is 0 Å². The van der Waals surface area contributed by atoms with Crippen molar-refractivity contribution in [2.24, 2.45) is 5.92 Å². The van der Waals surface area contributed by atoms with Crippen LogP contribution in [0, 0.1) is 5.92 Å². The predicted octanol–water partition coefficient (Wildman–Crippen LogP) is -0.132. The summed E-state index contributed by atoms with van der Waals surface area (Å²) in [4.78, 5) is 2.33. The molecule has 2 aliphatic heterocycles. The van der Waals surface area contributed by atoms with E-state index in [2.05, 4.69) is 16.7 Å². The van der Waals surface area contributed by atoms with Crippen LogP contribution in [0.5, 0.6) is 0 Å². The average Bonchev–Trinajstić information content (AvgIpc) is 3.00. The summed E-state index contributed by atoms with van der Waals surface area (Å²) in [5.41, 5.74) is 0. The summed E-state index contributed by atoms with van der Waals surface area (Å²) in [6.07, 6.45) is 3.42. The number of hydrogen-bond acceptors (Lipinski definition) is 3. The van der Waals surface area contributed by atoms with Gasteiger partial charge in [0.05, 0.1) is 0 Å². The highest BCUT2D eigenvalue weighted by molar-refractivity contribution is 7.87. The maximum Gasteiger partial charge on any atom is 0.279 e. The summed E-state index contributed by atoms with van der Waals surface area (Å²) in [7, 11) is -1.00. The number of hydrogen-bond donors (Lipinski definition) is 1. The normalized spacial score (nSPS) is 28.2. The molecule has 0 saturated carbocycles. The van der Waals surface area contributed by atoms with Crippen molar-refractivity contribution in [3.05, 3.63) is 0 Å². The molecule has 2 aliphatic rings. The lowest BCUT2D eigenvalue weighted by Crippen LogP contribution is -2.36. The molecule has 0 aromatic heterocycles. The Labute approximate surface area is 98.0 Å². The summed E-state index contributed by atoms with van der Waals surface area (Å²) in [6, 6.07) is 0. The van der Waals surface area contributed by atoms with Gasteiger partial charge in [0.1, 0.15) is 0 Å². The molecular formula is C10H21N3O2S. The third-order valence-corrected chi connectivity index (χ3v) is 4.92. The zero-order valence-corrected chi connectivity index (χ0v) is 10.7. The number of nitrogens with one attached hydrogen (secondary N) is 1. The van der Waals surface area contributed by atoms with Gasteiger partial charge in [0.2, 0.25) is 0 Å². The summed E-state index contributed by atoms with van der Waals surface area (Å²) in [5, 5.41) is 0. The van der Waals surface area contributed by atoms with Crippen molar-refractivity contribution in [1.82, 2.24) is 13.9 Å². The largest absolute Gasteiger partial charge is 0.306 e. The van der Waals surface area contributed by atoms with Crippen LogP contribution in [0.1, 0.15) is 19.3 Å². The van der Waals surface area contributed by atoms with Gasteiger partial charge in [0.25, 0.3) is 10.2 Å². The Morgan fingerprint density at radius 3 is 2.69 bits per heavy atom.